The molecule has 0 aromatic rings. The maximum Gasteiger partial charge on any atom is 0.00104 e. The molecule has 106 valence electrons. The number of nitrogens with zero attached hydrogens (tertiary/aromatic N) is 1. The molecule has 1 saturated heterocycles. The summed E-state index contributed by atoms with van der Waals surface area (Å²) in [6.45, 7) is 6.15. The molecule has 0 radical (unpaired) electrons. The number of nitrogens with two attached hydrogens (primary N) is 1. The molecule has 2 fully saturated rings. The van der Waals surface area contributed by atoms with Crippen molar-refractivity contribution in [2.24, 2.45) is 11.1 Å². The van der Waals surface area contributed by atoms with Crippen molar-refractivity contribution in [2.45, 2.75) is 77.2 Å². The fraction of sp³-hybridized carbons (Fsp3) is 1.00. The van der Waals surface area contributed by atoms with Crippen molar-refractivity contribution in [1.82, 2.24) is 4.90 Å². The molecule has 2 N–H and O–H groups in total. The second-order valence-electron chi connectivity index (χ2n) is 6.88. The Morgan fingerprint density at radius 1 is 1.00 bits per heavy atom. The Labute approximate surface area is 113 Å². The van der Waals surface area contributed by atoms with Crippen LogP contribution >= 0.6 is 0 Å². The topological polar surface area (TPSA) is 29.3 Å². The third kappa shape index (κ3) is 4.24. The number of hydrogen-bond acceptors (Lipinski definition) is 2. The highest BCUT2D eigenvalue weighted by atomic mass is 15.1. The maximum atomic E-state index is 5.79. The summed E-state index contributed by atoms with van der Waals surface area (Å²) in [6, 6.07) is 0.386. The van der Waals surface area contributed by atoms with E-state index in [2.05, 4.69) is 11.8 Å². The van der Waals surface area contributed by atoms with E-state index in [-0.39, 0.29) is 0 Å². The second-order valence-corrected chi connectivity index (χ2v) is 6.88. The van der Waals surface area contributed by atoms with E-state index in [4.69, 9.17) is 5.73 Å². The lowest BCUT2D eigenvalue weighted by atomic mass is 9.68. The lowest BCUT2D eigenvalue weighted by Gasteiger charge is -2.44. The molecule has 1 atom stereocenters. The van der Waals surface area contributed by atoms with Gasteiger partial charge in [0.25, 0.3) is 0 Å². The minimum atomic E-state index is 0.386. The van der Waals surface area contributed by atoms with Gasteiger partial charge in [-0.05, 0) is 70.5 Å². The molecule has 2 aliphatic rings. The molecule has 0 aromatic heterocycles. The van der Waals surface area contributed by atoms with E-state index in [1.54, 1.807) is 0 Å². The molecule has 1 aliphatic carbocycles. The number of hydrogen-bond donors (Lipinski definition) is 1. The van der Waals surface area contributed by atoms with Crippen molar-refractivity contribution in [2.75, 3.05) is 19.6 Å². The average molecular weight is 252 g/mol. The second kappa shape index (κ2) is 6.91. The van der Waals surface area contributed by atoms with Gasteiger partial charge < -0.3 is 10.6 Å². The predicted octanol–water partition coefficient (Wildman–Crippen LogP) is 3.55. The molecule has 0 bridgehead atoms. The largest absolute Gasteiger partial charge is 0.328 e. The van der Waals surface area contributed by atoms with Crippen LogP contribution in [-0.2, 0) is 0 Å². The van der Waals surface area contributed by atoms with Crippen molar-refractivity contribution in [3.05, 3.63) is 0 Å². The first-order valence-electron chi connectivity index (χ1n) is 8.18. The van der Waals surface area contributed by atoms with Gasteiger partial charge in [-0.3, -0.25) is 0 Å². The monoisotopic (exact) mass is 252 g/mol. The molecule has 1 unspecified atom stereocenters. The first-order valence-corrected chi connectivity index (χ1v) is 8.18. The van der Waals surface area contributed by atoms with Crippen molar-refractivity contribution in [3.8, 4) is 0 Å². The van der Waals surface area contributed by atoms with Gasteiger partial charge >= 0.3 is 0 Å². The van der Waals surface area contributed by atoms with E-state index in [1.807, 2.05) is 0 Å². The molecule has 1 heterocycles. The van der Waals surface area contributed by atoms with Crippen LogP contribution in [0.3, 0.4) is 0 Å². The van der Waals surface area contributed by atoms with Crippen LogP contribution in [-0.4, -0.2) is 30.6 Å². The van der Waals surface area contributed by atoms with Crippen molar-refractivity contribution in [1.29, 1.82) is 0 Å². The Morgan fingerprint density at radius 3 is 2.28 bits per heavy atom. The van der Waals surface area contributed by atoms with Gasteiger partial charge in [0, 0.05) is 6.04 Å². The van der Waals surface area contributed by atoms with Gasteiger partial charge in [-0.15, -0.1) is 0 Å². The SMILES string of the molecule is CC(N)CCCCN1CCC2(CCCCC2)CC1. The minimum absolute atomic E-state index is 0.386. The Morgan fingerprint density at radius 2 is 1.67 bits per heavy atom. The zero-order chi connectivity index (χ0) is 12.8. The van der Waals surface area contributed by atoms with Crippen LogP contribution in [0.5, 0.6) is 0 Å². The van der Waals surface area contributed by atoms with Gasteiger partial charge in [0.15, 0.2) is 0 Å². The number of rotatable bonds is 5. The van der Waals surface area contributed by atoms with Gasteiger partial charge in [-0.25, -0.2) is 0 Å². The van der Waals surface area contributed by atoms with Gasteiger partial charge in [0.1, 0.15) is 0 Å². The highest BCUT2D eigenvalue weighted by molar-refractivity contribution is 4.88. The third-order valence-corrected chi connectivity index (χ3v) is 5.21. The van der Waals surface area contributed by atoms with E-state index in [0.29, 0.717) is 6.04 Å². The summed E-state index contributed by atoms with van der Waals surface area (Å²) in [6.07, 6.45) is 14.3. The lowest BCUT2D eigenvalue weighted by molar-refractivity contribution is 0.0669. The van der Waals surface area contributed by atoms with Crippen molar-refractivity contribution >= 4 is 0 Å². The Bertz CT molecular complexity index is 221. The highest BCUT2D eigenvalue weighted by Gasteiger charge is 2.35. The summed E-state index contributed by atoms with van der Waals surface area (Å²) in [5.41, 5.74) is 6.56. The molecule has 1 spiro atoms. The maximum absolute atomic E-state index is 5.79. The summed E-state index contributed by atoms with van der Waals surface area (Å²) in [4.78, 5) is 2.70. The molecule has 1 saturated carbocycles. The zero-order valence-corrected chi connectivity index (χ0v) is 12.3. The first kappa shape index (κ1) is 14.3. The molecule has 0 amide bonds. The van der Waals surface area contributed by atoms with Crippen LogP contribution in [0.1, 0.15) is 71.1 Å². The molecular formula is C16H32N2. The fourth-order valence-electron chi connectivity index (χ4n) is 3.85. The van der Waals surface area contributed by atoms with Crippen LogP contribution in [0.25, 0.3) is 0 Å². The summed E-state index contributed by atoms with van der Waals surface area (Å²) < 4.78 is 0. The van der Waals surface area contributed by atoms with Gasteiger partial charge in [0.2, 0.25) is 0 Å². The van der Waals surface area contributed by atoms with E-state index < -0.39 is 0 Å². The minimum Gasteiger partial charge on any atom is -0.328 e. The highest BCUT2D eigenvalue weighted by Crippen LogP contribution is 2.44. The number of unbranched alkanes of at least 4 members (excludes halogenated alkanes) is 1. The summed E-state index contributed by atoms with van der Waals surface area (Å²) in [5, 5.41) is 0. The predicted molar refractivity (Wildman–Crippen MR) is 78.7 cm³/mol. The Hall–Kier alpha value is -0.0800. The third-order valence-electron chi connectivity index (χ3n) is 5.21. The van der Waals surface area contributed by atoms with E-state index >= 15 is 0 Å². The Kier molecular flexibility index (Phi) is 5.50. The van der Waals surface area contributed by atoms with E-state index in [9.17, 15) is 0 Å². The summed E-state index contributed by atoms with van der Waals surface area (Å²) in [5.74, 6) is 0. The molecular weight excluding hydrogens is 220 g/mol. The first-order chi connectivity index (χ1) is 8.70. The van der Waals surface area contributed by atoms with Gasteiger partial charge in [-0.2, -0.15) is 0 Å². The molecule has 18 heavy (non-hydrogen) atoms. The van der Waals surface area contributed by atoms with Crippen LogP contribution in [0.4, 0.5) is 0 Å². The molecule has 2 heteroatoms. The molecule has 1 aliphatic heterocycles. The van der Waals surface area contributed by atoms with Crippen LogP contribution in [0, 0.1) is 5.41 Å². The van der Waals surface area contributed by atoms with Crippen LogP contribution < -0.4 is 5.73 Å². The van der Waals surface area contributed by atoms with Crippen LogP contribution in [0.2, 0.25) is 0 Å². The summed E-state index contributed by atoms with van der Waals surface area (Å²) in [7, 11) is 0. The molecule has 2 nitrogen and oxygen atoms in total. The zero-order valence-electron chi connectivity index (χ0n) is 12.3. The molecule has 0 aromatic carbocycles. The van der Waals surface area contributed by atoms with E-state index in [0.717, 1.165) is 5.41 Å². The normalized spacial score (nSPS) is 26.3. The lowest BCUT2D eigenvalue weighted by Crippen LogP contribution is -2.41. The Balaban J connectivity index is 1.61. The number of piperidine rings is 1. The summed E-state index contributed by atoms with van der Waals surface area (Å²) >= 11 is 0. The van der Waals surface area contributed by atoms with Crippen molar-refractivity contribution < 1.29 is 0 Å². The van der Waals surface area contributed by atoms with Gasteiger partial charge in [0.05, 0.1) is 0 Å². The van der Waals surface area contributed by atoms with Gasteiger partial charge in [-0.1, -0.05) is 25.7 Å². The quantitative estimate of drug-likeness (QED) is 0.758. The van der Waals surface area contributed by atoms with E-state index in [1.165, 1.54) is 83.8 Å². The number of likely N-dealkylation sites (tertiary alicyclic amines) is 1. The van der Waals surface area contributed by atoms with Crippen LogP contribution in [0.15, 0.2) is 0 Å². The fourth-order valence-corrected chi connectivity index (χ4v) is 3.85. The van der Waals surface area contributed by atoms with Crippen molar-refractivity contribution in [3.63, 3.8) is 0 Å². The standard InChI is InChI=1S/C16H32N2/c1-15(17)7-3-6-12-18-13-10-16(11-14-18)8-4-2-5-9-16/h15H,2-14,17H2,1H3. The molecule has 2 rings (SSSR count). The average Bonchev–Trinajstić information content (AvgIpc) is 2.38. The smallest absolute Gasteiger partial charge is 0.00104 e.